The predicted octanol–water partition coefficient (Wildman–Crippen LogP) is 3.73. The van der Waals surface area contributed by atoms with E-state index in [1.54, 1.807) is 24.3 Å². The first-order valence-corrected chi connectivity index (χ1v) is 8.76. The van der Waals surface area contributed by atoms with Crippen LogP contribution in [0.2, 0.25) is 0 Å². The molecular weight excluding hydrogens is 424 g/mol. The Morgan fingerprint density at radius 2 is 1.78 bits per heavy atom. The van der Waals surface area contributed by atoms with Crippen molar-refractivity contribution in [2.45, 2.75) is 6.04 Å². The Labute approximate surface area is 164 Å². The highest BCUT2D eigenvalue weighted by molar-refractivity contribution is 9.10. The van der Waals surface area contributed by atoms with E-state index in [1.807, 2.05) is 0 Å². The molecule has 0 fully saturated rings. The monoisotopic (exact) mass is 441 g/mol. The summed E-state index contributed by atoms with van der Waals surface area (Å²) in [7, 11) is 2.64. The number of hydrogen-bond donors (Lipinski definition) is 0. The molecule has 2 aromatic carbocycles. The third-order valence-electron chi connectivity index (χ3n) is 3.88. The molecule has 0 N–H and O–H groups in total. The lowest BCUT2D eigenvalue weighted by molar-refractivity contribution is -0.146. The van der Waals surface area contributed by atoms with Gasteiger partial charge in [0.2, 0.25) is 0 Å². The van der Waals surface area contributed by atoms with Crippen molar-refractivity contribution in [1.82, 2.24) is 4.90 Å². The summed E-state index contributed by atoms with van der Waals surface area (Å²) in [5, 5.41) is 0. The van der Waals surface area contributed by atoms with Gasteiger partial charge >= 0.3 is 5.97 Å². The van der Waals surface area contributed by atoms with Gasteiger partial charge in [-0.2, -0.15) is 0 Å². The maximum atomic E-state index is 14.1. The molecule has 0 aliphatic heterocycles. The minimum absolute atomic E-state index is 0.00196. The van der Waals surface area contributed by atoms with E-state index in [2.05, 4.69) is 15.9 Å². The minimum Gasteiger partial charge on any atom is -0.467 e. The number of ether oxygens (including phenoxy) is 2. The van der Waals surface area contributed by atoms with E-state index >= 15 is 0 Å². The number of carbonyl (C=O) groups excluding carboxylic acids is 2. The molecule has 27 heavy (non-hydrogen) atoms. The number of benzene rings is 2. The van der Waals surface area contributed by atoms with Crippen LogP contribution in [0.5, 0.6) is 0 Å². The Hall–Kier alpha value is -2.32. The van der Waals surface area contributed by atoms with Gasteiger partial charge in [-0.25, -0.2) is 13.6 Å². The molecule has 0 unspecified atom stereocenters. The first kappa shape index (κ1) is 21.0. The van der Waals surface area contributed by atoms with E-state index < -0.39 is 29.6 Å². The molecule has 8 heteroatoms. The summed E-state index contributed by atoms with van der Waals surface area (Å²) < 4.78 is 38.0. The zero-order valence-corrected chi connectivity index (χ0v) is 16.3. The molecule has 0 radical (unpaired) electrons. The molecule has 2 aromatic rings. The molecule has 5 nitrogen and oxygen atoms in total. The summed E-state index contributed by atoms with van der Waals surface area (Å²) in [6.45, 7) is 0.112. The zero-order chi connectivity index (χ0) is 20.0. The van der Waals surface area contributed by atoms with E-state index in [0.29, 0.717) is 11.6 Å². The largest absolute Gasteiger partial charge is 0.467 e. The number of halogens is 3. The van der Waals surface area contributed by atoms with Crippen LogP contribution in [0.1, 0.15) is 22.0 Å². The summed E-state index contributed by atoms with van der Waals surface area (Å²) in [5.74, 6) is -3.28. The van der Waals surface area contributed by atoms with Gasteiger partial charge in [0.05, 0.1) is 19.3 Å². The lowest BCUT2D eigenvalue weighted by atomic mass is 10.0. The van der Waals surface area contributed by atoms with Crippen LogP contribution in [0.4, 0.5) is 8.78 Å². The van der Waals surface area contributed by atoms with Gasteiger partial charge in [0.15, 0.2) is 6.04 Å². The van der Waals surface area contributed by atoms with E-state index in [0.717, 1.165) is 21.5 Å². The third kappa shape index (κ3) is 5.11. The number of methoxy groups -OCH3 is 2. The van der Waals surface area contributed by atoms with Crippen molar-refractivity contribution in [3.8, 4) is 0 Å². The van der Waals surface area contributed by atoms with Gasteiger partial charge in [0.1, 0.15) is 11.6 Å². The zero-order valence-electron chi connectivity index (χ0n) is 14.7. The number of hydrogen-bond acceptors (Lipinski definition) is 4. The van der Waals surface area contributed by atoms with Gasteiger partial charge in [0.25, 0.3) is 5.91 Å². The van der Waals surface area contributed by atoms with Crippen molar-refractivity contribution in [1.29, 1.82) is 0 Å². The Morgan fingerprint density at radius 3 is 2.33 bits per heavy atom. The van der Waals surface area contributed by atoms with Crippen LogP contribution in [0.25, 0.3) is 0 Å². The maximum absolute atomic E-state index is 14.1. The Morgan fingerprint density at radius 1 is 1.11 bits per heavy atom. The summed E-state index contributed by atoms with van der Waals surface area (Å²) in [6.07, 6.45) is 0. The average molecular weight is 442 g/mol. The number of carbonyl (C=O) groups is 2. The van der Waals surface area contributed by atoms with Gasteiger partial charge in [-0.3, -0.25) is 4.79 Å². The second-order valence-corrected chi connectivity index (χ2v) is 6.51. The standard InChI is InChI=1S/C19H18BrF2NO4/c1-26-10-9-23(18(24)15-8-7-14(21)11-16(15)22)17(19(25)27-2)12-3-5-13(20)6-4-12/h3-8,11,17H,9-10H2,1-2H3/t17-/m1/s1. The smallest absolute Gasteiger partial charge is 0.333 e. The van der Waals surface area contributed by atoms with Crippen LogP contribution >= 0.6 is 15.9 Å². The third-order valence-corrected chi connectivity index (χ3v) is 4.41. The molecule has 2 rings (SSSR count). The Bertz CT molecular complexity index is 814. The van der Waals surface area contributed by atoms with Crippen LogP contribution < -0.4 is 0 Å². The van der Waals surface area contributed by atoms with Crippen LogP contribution in [0, 0.1) is 11.6 Å². The summed E-state index contributed by atoms with van der Waals surface area (Å²) >= 11 is 3.31. The fourth-order valence-electron chi connectivity index (χ4n) is 2.56. The molecule has 1 atom stereocenters. The van der Waals surface area contributed by atoms with E-state index in [4.69, 9.17) is 9.47 Å². The van der Waals surface area contributed by atoms with Crippen molar-refractivity contribution in [3.05, 3.63) is 69.7 Å². The maximum Gasteiger partial charge on any atom is 0.333 e. The number of nitrogens with zero attached hydrogens (tertiary/aromatic N) is 1. The molecule has 0 aromatic heterocycles. The highest BCUT2D eigenvalue weighted by atomic mass is 79.9. The second kappa shape index (κ2) is 9.57. The topological polar surface area (TPSA) is 55.8 Å². The van der Waals surface area contributed by atoms with Crippen molar-refractivity contribution >= 4 is 27.8 Å². The quantitative estimate of drug-likeness (QED) is 0.614. The fourth-order valence-corrected chi connectivity index (χ4v) is 2.82. The SMILES string of the molecule is COCCN(C(=O)c1ccc(F)cc1F)[C@@H](C(=O)OC)c1ccc(Br)cc1. The normalized spacial score (nSPS) is 11.7. The number of esters is 1. The Kier molecular flexibility index (Phi) is 7.44. The Balaban J connectivity index is 2.50. The van der Waals surface area contributed by atoms with Crippen LogP contribution in [0.3, 0.4) is 0 Å². The van der Waals surface area contributed by atoms with Crippen molar-refractivity contribution in [3.63, 3.8) is 0 Å². The average Bonchev–Trinajstić information content (AvgIpc) is 2.65. The molecule has 144 valence electrons. The van der Waals surface area contributed by atoms with Gasteiger partial charge in [-0.05, 0) is 29.8 Å². The van der Waals surface area contributed by atoms with E-state index in [9.17, 15) is 18.4 Å². The summed E-state index contributed by atoms with van der Waals surface area (Å²) in [5.41, 5.74) is 0.135. The minimum atomic E-state index is -1.12. The number of amides is 1. The van der Waals surface area contributed by atoms with Crippen molar-refractivity contribution in [2.75, 3.05) is 27.4 Å². The predicted molar refractivity (Wildman–Crippen MR) is 98.2 cm³/mol. The van der Waals surface area contributed by atoms with Crippen LogP contribution in [-0.2, 0) is 14.3 Å². The summed E-state index contributed by atoms with van der Waals surface area (Å²) in [4.78, 5) is 26.6. The first-order chi connectivity index (χ1) is 12.9. The molecule has 0 aliphatic carbocycles. The molecular formula is C19H18BrF2NO4. The highest BCUT2D eigenvalue weighted by Gasteiger charge is 2.33. The van der Waals surface area contributed by atoms with Crippen LogP contribution in [-0.4, -0.2) is 44.1 Å². The lowest BCUT2D eigenvalue weighted by Gasteiger charge is -2.30. The van der Waals surface area contributed by atoms with Crippen molar-refractivity contribution in [2.24, 2.45) is 0 Å². The fraction of sp³-hybridized carbons (Fsp3) is 0.263. The molecule has 0 heterocycles. The molecule has 0 saturated heterocycles. The molecule has 0 saturated carbocycles. The molecule has 1 amide bonds. The van der Waals surface area contributed by atoms with Gasteiger partial charge in [0, 0.05) is 24.2 Å². The lowest BCUT2D eigenvalue weighted by Crippen LogP contribution is -2.41. The molecule has 0 spiro atoms. The highest BCUT2D eigenvalue weighted by Crippen LogP contribution is 2.26. The molecule has 0 aliphatic rings. The van der Waals surface area contributed by atoms with E-state index in [1.165, 1.54) is 14.2 Å². The van der Waals surface area contributed by atoms with E-state index in [-0.39, 0.29) is 18.7 Å². The van der Waals surface area contributed by atoms with Gasteiger partial charge < -0.3 is 14.4 Å². The van der Waals surface area contributed by atoms with Crippen molar-refractivity contribution < 1.29 is 27.8 Å². The van der Waals surface area contributed by atoms with Gasteiger partial charge in [-0.1, -0.05) is 28.1 Å². The number of rotatable bonds is 7. The van der Waals surface area contributed by atoms with Gasteiger partial charge in [-0.15, -0.1) is 0 Å². The summed E-state index contributed by atoms with van der Waals surface area (Å²) in [6, 6.07) is 8.26. The van der Waals surface area contributed by atoms with Crippen LogP contribution in [0.15, 0.2) is 46.9 Å². The molecule has 0 bridgehead atoms. The first-order valence-electron chi connectivity index (χ1n) is 7.97. The second-order valence-electron chi connectivity index (χ2n) is 5.59.